The van der Waals surface area contributed by atoms with Crippen LogP contribution in [0, 0.1) is 0 Å². The fourth-order valence-electron chi connectivity index (χ4n) is 2.15. The van der Waals surface area contributed by atoms with E-state index in [1.807, 2.05) is 0 Å². The van der Waals surface area contributed by atoms with Crippen molar-refractivity contribution in [2.24, 2.45) is 0 Å². The van der Waals surface area contributed by atoms with Crippen LogP contribution in [0.1, 0.15) is 30.9 Å². The molecule has 2 unspecified atom stereocenters. The summed E-state index contributed by atoms with van der Waals surface area (Å²) in [7, 11) is 0. The highest BCUT2D eigenvalue weighted by Crippen LogP contribution is 2.15. The fraction of sp³-hybridized carbons (Fsp3) is 0.400. The van der Waals surface area contributed by atoms with Gasteiger partial charge in [-0.15, -0.1) is 0 Å². The van der Waals surface area contributed by atoms with Gasteiger partial charge in [0.2, 0.25) is 0 Å². The first-order valence-corrected chi connectivity index (χ1v) is 7.16. The van der Waals surface area contributed by atoms with Gasteiger partial charge in [0.15, 0.2) is 0 Å². The largest absolute Gasteiger partial charge is 0.387 e. The molecule has 3 N–H and O–H groups in total. The monoisotopic (exact) mass is 294 g/mol. The number of allylic oxidation sites excluding steroid dienone is 1. The summed E-state index contributed by atoms with van der Waals surface area (Å²) >= 11 is 5.79. The van der Waals surface area contributed by atoms with Gasteiger partial charge < -0.3 is 15.7 Å². The fourth-order valence-corrected chi connectivity index (χ4v) is 2.28. The smallest absolute Gasteiger partial charge is 0.315 e. The molecular weight excluding hydrogens is 276 g/mol. The number of benzene rings is 1. The van der Waals surface area contributed by atoms with Gasteiger partial charge in [-0.3, -0.25) is 0 Å². The van der Waals surface area contributed by atoms with Crippen molar-refractivity contribution in [3.63, 3.8) is 0 Å². The summed E-state index contributed by atoms with van der Waals surface area (Å²) in [5, 5.41) is 16.2. The molecule has 108 valence electrons. The van der Waals surface area contributed by atoms with E-state index < -0.39 is 6.10 Å². The van der Waals surface area contributed by atoms with Crippen molar-refractivity contribution in [2.45, 2.75) is 31.4 Å². The van der Waals surface area contributed by atoms with Crippen LogP contribution in [0.4, 0.5) is 4.79 Å². The van der Waals surface area contributed by atoms with Crippen molar-refractivity contribution >= 4 is 17.6 Å². The zero-order valence-electron chi connectivity index (χ0n) is 11.2. The van der Waals surface area contributed by atoms with Crippen molar-refractivity contribution in [1.82, 2.24) is 10.6 Å². The van der Waals surface area contributed by atoms with Gasteiger partial charge in [-0.2, -0.15) is 0 Å². The molecule has 1 aliphatic carbocycles. The quantitative estimate of drug-likeness (QED) is 0.748. The Morgan fingerprint density at radius 2 is 2.10 bits per heavy atom. The second-order valence-electron chi connectivity index (χ2n) is 4.90. The van der Waals surface area contributed by atoms with Crippen LogP contribution >= 0.6 is 11.6 Å². The zero-order chi connectivity index (χ0) is 14.4. The molecule has 4 nitrogen and oxygen atoms in total. The molecule has 2 atom stereocenters. The molecule has 5 heteroatoms. The van der Waals surface area contributed by atoms with Crippen molar-refractivity contribution < 1.29 is 9.90 Å². The van der Waals surface area contributed by atoms with Crippen LogP contribution in [0.2, 0.25) is 5.02 Å². The van der Waals surface area contributed by atoms with Crippen LogP contribution < -0.4 is 10.6 Å². The normalized spacial score (nSPS) is 19.4. The number of carbonyl (C=O) groups is 1. The molecule has 0 radical (unpaired) electrons. The minimum absolute atomic E-state index is 0.177. The van der Waals surface area contributed by atoms with Gasteiger partial charge in [-0.1, -0.05) is 35.9 Å². The predicted octanol–water partition coefficient (Wildman–Crippen LogP) is 2.78. The van der Waals surface area contributed by atoms with Crippen molar-refractivity contribution in [3.05, 3.63) is 47.0 Å². The topological polar surface area (TPSA) is 61.4 Å². The minimum atomic E-state index is -0.732. The number of aliphatic hydroxyl groups is 1. The Balaban J connectivity index is 1.75. The first kappa shape index (κ1) is 14.9. The van der Waals surface area contributed by atoms with Crippen LogP contribution in [-0.2, 0) is 0 Å². The molecule has 0 saturated heterocycles. The molecule has 2 rings (SSSR count). The molecular formula is C15H19ClN2O2. The lowest BCUT2D eigenvalue weighted by atomic mass is 10.0. The second kappa shape index (κ2) is 7.31. The van der Waals surface area contributed by atoms with Crippen molar-refractivity contribution in [3.8, 4) is 0 Å². The van der Waals surface area contributed by atoms with Gasteiger partial charge in [-0.25, -0.2) is 4.79 Å². The Kier molecular flexibility index (Phi) is 5.44. The molecule has 0 heterocycles. The predicted molar refractivity (Wildman–Crippen MR) is 79.7 cm³/mol. The molecule has 20 heavy (non-hydrogen) atoms. The molecule has 0 fully saturated rings. The van der Waals surface area contributed by atoms with Crippen LogP contribution in [0.25, 0.3) is 0 Å². The number of nitrogens with one attached hydrogen (secondary N) is 2. The van der Waals surface area contributed by atoms with Crippen LogP contribution in [-0.4, -0.2) is 23.7 Å². The summed E-state index contributed by atoms with van der Waals surface area (Å²) in [6.45, 7) is 0.177. The van der Waals surface area contributed by atoms with E-state index in [1.165, 1.54) is 0 Å². The number of hydrogen-bond donors (Lipinski definition) is 3. The standard InChI is InChI=1S/C15H19ClN2O2/c16-12-8-6-11(7-9-12)14(19)10-17-15(20)18-13-4-2-1-3-5-13/h1-2,6-9,13-14,19H,3-5,10H2,(H2,17,18,20). The Hall–Kier alpha value is -1.52. The lowest BCUT2D eigenvalue weighted by Gasteiger charge is -2.20. The highest BCUT2D eigenvalue weighted by molar-refractivity contribution is 6.30. The third-order valence-electron chi connectivity index (χ3n) is 3.32. The molecule has 0 bridgehead atoms. The minimum Gasteiger partial charge on any atom is -0.387 e. The highest BCUT2D eigenvalue weighted by atomic mass is 35.5. The SMILES string of the molecule is O=C(NCC(O)c1ccc(Cl)cc1)NC1CC=CCC1. The van der Waals surface area contributed by atoms with E-state index in [4.69, 9.17) is 11.6 Å². The molecule has 0 aliphatic heterocycles. The number of amides is 2. The number of hydrogen-bond acceptors (Lipinski definition) is 2. The molecule has 1 aliphatic rings. The van der Waals surface area contributed by atoms with Gasteiger partial charge in [-0.05, 0) is 37.0 Å². The molecule has 0 saturated carbocycles. The van der Waals surface area contributed by atoms with E-state index in [-0.39, 0.29) is 18.6 Å². The first-order chi connectivity index (χ1) is 9.65. The Labute approximate surface area is 123 Å². The molecule has 1 aromatic carbocycles. The zero-order valence-corrected chi connectivity index (χ0v) is 11.9. The van der Waals surface area contributed by atoms with E-state index in [2.05, 4.69) is 22.8 Å². The van der Waals surface area contributed by atoms with E-state index in [9.17, 15) is 9.90 Å². The van der Waals surface area contributed by atoms with Crippen molar-refractivity contribution in [2.75, 3.05) is 6.54 Å². The number of rotatable bonds is 4. The average Bonchev–Trinajstić information content (AvgIpc) is 2.46. The molecule has 0 aromatic heterocycles. The molecule has 0 spiro atoms. The van der Waals surface area contributed by atoms with Crippen LogP contribution in [0.15, 0.2) is 36.4 Å². The maximum absolute atomic E-state index is 11.7. The number of halogens is 1. The van der Waals surface area contributed by atoms with Crippen molar-refractivity contribution in [1.29, 1.82) is 0 Å². The molecule has 2 amide bonds. The second-order valence-corrected chi connectivity index (χ2v) is 5.34. The lowest BCUT2D eigenvalue weighted by molar-refractivity contribution is 0.172. The Bertz CT molecular complexity index is 473. The van der Waals surface area contributed by atoms with Crippen LogP contribution in [0.3, 0.4) is 0 Å². The summed E-state index contributed by atoms with van der Waals surface area (Å²) < 4.78 is 0. The Morgan fingerprint density at radius 3 is 2.75 bits per heavy atom. The number of aliphatic hydroxyl groups excluding tert-OH is 1. The summed E-state index contributed by atoms with van der Waals surface area (Å²) in [5.41, 5.74) is 0.732. The Morgan fingerprint density at radius 1 is 1.35 bits per heavy atom. The summed E-state index contributed by atoms with van der Waals surface area (Å²) in [4.78, 5) is 11.7. The highest BCUT2D eigenvalue weighted by Gasteiger charge is 2.14. The maximum atomic E-state index is 11.7. The lowest BCUT2D eigenvalue weighted by Crippen LogP contribution is -2.43. The average molecular weight is 295 g/mol. The van der Waals surface area contributed by atoms with Gasteiger partial charge in [0.25, 0.3) is 0 Å². The summed E-state index contributed by atoms with van der Waals surface area (Å²) in [5.74, 6) is 0. The third-order valence-corrected chi connectivity index (χ3v) is 3.57. The van der Waals surface area contributed by atoms with Gasteiger partial charge >= 0.3 is 6.03 Å². The van der Waals surface area contributed by atoms with E-state index in [1.54, 1.807) is 24.3 Å². The van der Waals surface area contributed by atoms with E-state index >= 15 is 0 Å². The maximum Gasteiger partial charge on any atom is 0.315 e. The summed E-state index contributed by atoms with van der Waals surface area (Å²) in [6, 6.07) is 6.88. The molecule has 1 aromatic rings. The number of urea groups is 1. The first-order valence-electron chi connectivity index (χ1n) is 6.78. The summed E-state index contributed by atoms with van der Waals surface area (Å²) in [6.07, 6.45) is 6.30. The van der Waals surface area contributed by atoms with Gasteiger partial charge in [0.05, 0.1) is 6.10 Å². The third kappa shape index (κ3) is 4.54. The van der Waals surface area contributed by atoms with E-state index in [0.717, 1.165) is 24.8 Å². The van der Waals surface area contributed by atoms with Gasteiger partial charge in [0, 0.05) is 17.6 Å². The van der Waals surface area contributed by atoms with E-state index in [0.29, 0.717) is 5.02 Å². The van der Waals surface area contributed by atoms with Gasteiger partial charge in [0.1, 0.15) is 0 Å². The number of carbonyl (C=O) groups excluding carboxylic acids is 1. The van der Waals surface area contributed by atoms with Crippen LogP contribution in [0.5, 0.6) is 0 Å².